The van der Waals surface area contributed by atoms with Crippen molar-refractivity contribution >= 4 is 11.8 Å². The molecule has 2 saturated heterocycles. The number of rotatable bonds is 4. The number of aromatic hydroxyl groups is 2. The quantitative estimate of drug-likeness (QED) is 0.756. The lowest BCUT2D eigenvalue weighted by atomic mass is 10.1. The normalized spacial score (nSPS) is 20.1. The Morgan fingerprint density at radius 2 is 1.84 bits per heavy atom. The summed E-state index contributed by atoms with van der Waals surface area (Å²) in [6.45, 7) is 6.62. The molecule has 2 aromatic rings. The van der Waals surface area contributed by atoms with Crippen molar-refractivity contribution in [2.75, 3.05) is 50.8 Å². The van der Waals surface area contributed by atoms with E-state index in [2.05, 4.69) is 9.80 Å². The van der Waals surface area contributed by atoms with Gasteiger partial charge in [-0.2, -0.15) is 0 Å². The highest BCUT2D eigenvalue weighted by molar-refractivity contribution is 5.68. The van der Waals surface area contributed by atoms with Crippen LogP contribution in [0.5, 0.6) is 11.8 Å². The lowest BCUT2D eigenvalue weighted by molar-refractivity contribution is 0.0354. The van der Waals surface area contributed by atoms with Gasteiger partial charge in [0.05, 0.1) is 13.2 Å². The van der Waals surface area contributed by atoms with Gasteiger partial charge in [-0.3, -0.25) is 4.90 Å². The van der Waals surface area contributed by atoms with Crippen molar-refractivity contribution in [3.8, 4) is 11.8 Å². The zero-order chi connectivity index (χ0) is 22.0. The highest BCUT2D eigenvalue weighted by Gasteiger charge is 2.30. The van der Waals surface area contributed by atoms with E-state index in [1.165, 1.54) is 17.0 Å². The standard InChI is InChI=1S/C21H27FN4O5/c1-15-13-23(6-7-25(15)21(29)31-26-19(27)4-5-20(26)28)14-16-2-3-17(12-18(16)22)24-8-10-30-11-9-24/h2-5,12,15,27-28H,6-11,13-14H2,1H3/t15-/m1/s1. The van der Waals surface area contributed by atoms with Crippen LogP contribution in [0.4, 0.5) is 14.9 Å². The Hall–Kier alpha value is -2.98. The fourth-order valence-corrected chi connectivity index (χ4v) is 4.00. The zero-order valence-electron chi connectivity index (χ0n) is 17.4. The van der Waals surface area contributed by atoms with Crippen molar-refractivity contribution in [1.82, 2.24) is 14.5 Å². The molecule has 2 N–H and O–H groups in total. The molecule has 9 nitrogen and oxygen atoms in total. The average molecular weight is 434 g/mol. The molecule has 0 bridgehead atoms. The number of anilines is 1. The fraction of sp³-hybridized carbons (Fsp3) is 0.476. The van der Waals surface area contributed by atoms with Crippen LogP contribution in [0.25, 0.3) is 0 Å². The zero-order valence-corrected chi connectivity index (χ0v) is 17.4. The Labute approximate surface area is 179 Å². The summed E-state index contributed by atoms with van der Waals surface area (Å²) in [6.07, 6.45) is -0.671. The van der Waals surface area contributed by atoms with E-state index in [1.54, 1.807) is 6.07 Å². The molecule has 1 atom stereocenters. The molecule has 0 radical (unpaired) electrons. The summed E-state index contributed by atoms with van der Waals surface area (Å²) >= 11 is 0. The Bertz CT molecular complexity index is 911. The third kappa shape index (κ3) is 4.70. The summed E-state index contributed by atoms with van der Waals surface area (Å²) in [6, 6.07) is 7.61. The van der Waals surface area contributed by atoms with Gasteiger partial charge in [0.25, 0.3) is 0 Å². The molecule has 10 heteroatoms. The summed E-state index contributed by atoms with van der Waals surface area (Å²) in [4.78, 5) is 23.3. The molecule has 2 aliphatic heterocycles. The number of aromatic nitrogens is 1. The van der Waals surface area contributed by atoms with Crippen molar-refractivity contribution < 1.29 is 29.0 Å². The second-order valence-corrected chi connectivity index (χ2v) is 7.85. The molecule has 0 aliphatic carbocycles. The molecule has 0 saturated carbocycles. The van der Waals surface area contributed by atoms with Crippen LogP contribution >= 0.6 is 0 Å². The predicted octanol–water partition coefficient (Wildman–Crippen LogP) is 1.63. The lowest BCUT2D eigenvalue weighted by Gasteiger charge is -2.39. The number of carbonyl (C=O) groups is 1. The van der Waals surface area contributed by atoms with Gasteiger partial charge < -0.3 is 29.6 Å². The summed E-state index contributed by atoms with van der Waals surface area (Å²) in [7, 11) is 0. The van der Waals surface area contributed by atoms with E-state index in [4.69, 9.17) is 9.57 Å². The van der Waals surface area contributed by atoms with Crippen LogP contribution in [0.2, 0.25) is 0 Å². The largest absolute Gasteiger partial charge is 0.492 e. The van der Waals surface area contributed by atoms with Gasteiger partial charge in [0.2, 0.25) is 11.8 Å². The minimum atomic E-state index is -0.671. The van der Waals surface area contributed by atoms with Crippen LogP contribution in [0.3, 0.4) is 0 Å². The maximum atomic E-state index is 14.7. The molecule has 4 rings (SSSR count). The number of nitrogens with zero attached hydrogens (tertiary/aromatic N) is 4. The van der Waals surface area contributed by atoms with E-state index in [9.17, 15) is 19.4 Å². The van der Waals surface area contributed by atoms with Crippen molar-refractivity contribution in [3.05, 3.63) is 41.7 Å². The molecular formula is C21H27FN4O5. The first-order chi connectivity index (χ1) is 14.9. The van der Waals surface area contributed by atoms with E-state index >= 15 is 0 Å². The number of halogens is 1. The van der Waals surface area contributed by atoms with Crippen molar-refractivity contribution in [2.24, 2.45) is 0 Å². The number of morpholine rings is 1. The monoisotopic (exact) mass is 434 g/mol. The van der Waals surface area contributed by atoms with Gasteiger partial charge in [-0.25, -0.2) is 9.18 Å². The molecule has 0 unspecified atom stereocenters. The second-order valence-electron chi connectivity index (χ2n) is 7.85. The van der Waals surface area contributed by atoms with E-state index in [1.807, 2.05) is 19.1 Å². The number of amides is 1. The number of benzene rings is 1. The van der Waals surface area contributed by atoms with Crippen LogP contribution in [-0.4, -0.2) is 82.8 Å². The molecule has 2 fully saturated rings. The van der Waals surface area contributed by atoms with Gasteiger partial charge in [-0.05, 0) is 19.1 Å². The van der Waals surface area contributed by atoms with Crippen molar-refractivity contribution in [1.29, 1.82) is 0 Å². The highest BCUT2D eigenvalue weighted by atomic mass is 19.1. The third-order valence-corrected chi connectivity index (χ3v) is 5.72. The van der Waals surface area contributed by atoms with Gasteiger partial charge in [0.1, 0.15) is 5.82 Å². The average Bonchev–Trinajstić information content (AvgIpc) is 3.08. The summed E-state index contributed by atoms with van der Waals surface area (Å²) in [5.41, 5.74) is 1.48. The van der Waals surface area contributed by atoms with Crippen molar-refractivity contribution in [3.63, 3.8) is 0 Å². The predicted molar refractivity (Wildman–Crippen MR) is 111 cm³/mol. The van der Waals surface area contributed by atoms with Gasteiger partial charge in [0.15, 0.2) is 0 Å². The number of piperazine rings is 1. The molecule has 1 amide bonds. The maximum Gasteiger partial charge on any atom is 0.435 e. The molecular weight excluding hydrogens is 407 g/mol. The number of carbonyl (C=O) groups excluding carboxylic acids is 1. The first-order valence-corrected chi connectivity index (χ1v) is 10.3. The number of ether oxygens (including phenoxy) is 1. The Balaban J connectivity index is 1.34. The molecule has 1 aromatic carbocycles. The molecule has 168 valence electrons. The van der Waals surface area contributed by atoms with Crippen molar-refractivity contribution in [2.45, 2.75) is 19.5 Å². The first kappa shape index (κ1) is 21.3. The minimum absolute atomic E-state index is 0.184. The maximum absolute atomic E-state index is 14.7. The van der Waals surface area contributed by atoms with E-state index < -0.39 is 6.09 Å². The second kappa shape index (κ2) is 9.03. The Morgan fingerprint density at radius 3 is 2.48 bits per heavy atom. The summed E-state index contributed by atoms with van der Waals surface area (Å²) < 4.78 is 20.8. The van der Waals surface area contributed by atoms with Crippen LogP contribution in [0.1, 0.15) is 12.5 Å². The third-order valence-electron chi connectivity index (χ3n) is 5.72. The molecule has 31 heavy (non-hydrogen) atoms. The number of hydrogen-bond acceptors (Lipinski definition) is 7. The van der Waals surface area contributed by atoms with Gasteiger partial charge in [-0.1, -0.05) is 6.07 Å². The number of hydrogen-bond donors (Lipinski definition) is 2. The van der Waals surface area contributed by atoms with E-state index in [0.717, 1.165) is 18.8 Å². The minimum Gasteiger partial charge on any atom is -0.492 e. The van der Waals surface area contributed by atoms with Crippen LogP contribution in [0, 0.1) is 5.82 Å². The SMILES string of the molecule is C[C@@H]1CN(Cc2ccc(N3CCOCC3)cc2F)CCN1C(=O)On1c(O)ccc1O. The summed E-state index contributed by atoms with van der Waals surface area (Å²) in [5, 5.41) is 19.3. The Kier molecular flexibility index (Phi) is 6.19. The van der Waals surface area contributed by atoms with E-state index in [-0.39, 0.29) is 23.6 Å². The van der Waals surface area contributed by atoms with Crippen LogP contribution in [0.15, 0.2) is 30.3 Å². The van der Waals surface area contributed by atoms with Crippen LogP contribution < -0.4 is 9.74 Å². The molecule has 2 aliphatic rings. The van der Waals surface area contributed by atoms with Gasteiger partial charge >= 0.3 is 6.09 Å². The molecule has 0 spiro atoms. The summed E-state index contributed by atoms with van der Waals surface area (Å²) in [5.74, 6) is -0.974. The smallest absolute Gasteiger partial charge is 0.435 e. The topological polar surface area (TPSA) is 90.6 Å². The fourth-order valence-electron chi connectivity index (χ4n) is 4.00. The van der Waals surface area contributed by atoms with E-state index in [0.29, 0.717) is 49.7 Å². The Morgan fingerprint density at radius 1 is 1.13 bits per heavy atom. The lowest BCUT2D eigenvalue weighted by Crippen LogP contribution is -2.55. The highest BCUT2D eigenvalue weighted by Crippen LogP contribution is 2.23. The first-order valence-electron chi connectivity index (χ1n) is 10.3. The van der Waals surface area contributed by atoms with Gasteiger partial charge in [-0.15, -0.1) is 4.73 Å². The van der Waals surface area contributed by atoms with Crippen LogP contribution in [-0.2, 0) is 11.3 Å². The van der Waals surface area contributed by atoms with Gasteiger partial charge in [0, 0.05) is 68.7 Å². The molecule has 3 heterocycles. The molecule has 1 aromatic heterocycles.